The number of nitrogens with one attached hydrogen (secondary N) is 1. The van der Waals surface area contributed by atoms with Crippen molar-refractivity contribution in [3.63, 3.8) is 0 Å². The molecule has 2 saturated heterocycles. The molecule has 1 N–H and O–H groups in total. The number of carbonyl (C=O) groups excluding carboxylic acids is 2. The summed E-state index contributed by atoms with van der Waals surface area (Å²) in [6.07, 6.45) is 0.945. The lowest BCUT2D eigenvalue weighted by atomic mass is 9.88. The second-order valence-corrected chi connectivity index (χ2v) is 6.11. The van der Waals surface area contributed by atoms with Gasteiger partial charge >= 0.3 is 6.03 Å². The monoisotopic (exact) mass is 305 g/mol. The molecular weight excluding hydrogens is 285 g/mol. The molecule has 2 fully saturated rings. The highest BCUT2D eigenvalue weighted by Crippen LogP contribution is 2.31. The Morgan fingerprint density at radius 3 is 3.00 bits per heavy atom. The molecule has 1 aromatic carbocycles. The Labute approximate surface area is 129 Å². The van der Waals surface area contributed by atoms with Gasteiger partial charge in [-0.05, 0) is 30.0 Å². The fourth-order valence-corrected chi connectivity index (χ4v) is 3.30. The van der Waals surface area contributed by atoms with Crippen LogP contribution in [-0.4, -0.2) is 48.4 Å². The van der Waals surface area contributed by atoms with Crippen LogP contribution >= 0.6 is 0 Å². The average Bonchev–Trinajstić information content (AvgIpc) is 2.94. The molecule has 3 rings (SSSR count). The molecule has 0 bridgehead atoms. The van der Waals surface area contributed by atoms with Crippen molar-refractivity contribution in [3.05, 3.63) is 35.6 Å². The number of benzene rings is 1. The van der Waals surface area contributed by atoms with Crippen LogP contribution in [0.4, 0.5) is 9.18 Å². The van der Waals surface area contributed by atoms with E-state index >= 15 is 0 Å². The summed E-state index contributed by atoms with van der Waals surface area (Å²) in [6, 6.07) is 5.98. The number of likely N-dealkylation sites (tertiary alicyclic amines) is 2. The number of piperidine rings is 1. The molecule has 3 amide bonds. The summed E-state index contributed by atoms with van der Waals surface area (Å²) < 4.78 is 13.1. The molecule has 0 aliphatic carbocycles. The Morgan fingerprint density at radius 1 is 1.41 bits per heavy atom. The number of carbonyl (C=O) groups is 2. The van der Waals surface area contributed by atoms with Gasteiger partial charge in [0.1, 0.15) is 5.82 Å². The van der Waals surface area contributed by atoms with Gasteiger partial charge in [0.2, 0.25) is 5.91 Å². The van der Waals surface area contributed by atoms with Gasteiger partial charge in [-0.25, -0.2) is 9.18 Å². The minimum absolute atomic E-state index is 0.0707. The second kappa shape index (κ2) is 5.94. The van der Waals surface area contributed by atoms with Crippen molar-refractivity contribution in [1.82, 2.24) is 15.1 Å². The Balaban J connectivity index is 1.56. The molecule has 5 nitrogen and oxygen atoms in total. The Morgan fingerprint density at radius 2 is 2.23 bits per heavy atom. The Bertz CT molecular complexity index is 593. The van der Waals surface area contributed by atoms with Gasteiger partial charge in [-0.3, -0.25) is 4.79 Å². The fourth-order valence-electron chi connectivity index (χ4n) is 3.30. The van der Waals surface area contributed by atoms with Crippen LogP contribution in [0.5, 0.6) is 0 Å². The van der Waals surface area contributed by atoms with Crippen LogP contribution in [0.2, 0.25) is 0 Å². The van der Waals surface area contributed by atoms with Gasteiger partial charge in [-0.2, -0.15) is 0 Å². The molecule has 0 saturated carbocycles. The molecule has 0 radical (unpaired) electrons. The molecule has 1 aromatic rings. The van der Waals surface area contributed by atoms with E-state index in [1.807, 2.05) is 7.05 Å². The van der Waals surface area contributed by atoms with Crippen molar-refractivity contribution in [3.8, 4) is 0 Å². The van der Waals surface area contributed by atoms with E-state index < -0.39 is 0 Å². The van der Waals surface area contributed by atoms with Crippen molar-refractivity contribution in [2.24, 2.45) is 11.8 Å². The highest BCUT2D eigenvalue weighted by atomic mass is 19.1. The van der Waals surface area contributed by atoms with E-state index in [4.69, 9.17) is 0 Å². The van der Waals surface area contributed by atoms with Gasteiger partial charge in [0.25, 0.3) is 0 Å². The number of nitrogens with zero attached hydrogens (tertiary/aromatic N) is 2. The summed E-state index contributed by atoms with van der Waals surface area (Å²) in [5.41, 5.74) is 0.723. The summed E-state index contributed by atoms with van der Waals surface area (Å²) in [5, 5.41) is 2.80. The third-order valence-corrected chi connectivity index (χ3v) is 4.59. The van der Waals surface area contributed by atoms with Crippen LogP contribution in [0.15, 0.2) is 24.3 Å². The van der Waals surface area contributed by atoms with Crippen LogP contribution in [0.25, 0.3) is 0 Å². The standard InChI is InChI=1S/C16H20FN3O2/c1-19-6-5-12-9-20(10-14(12)15(19)21)16(22)18-8-11-3-2-4-13(17)7-11/h2-4,7,12,14H,5-6,8-10H2,1H3,(H,18,22)/t12-,14+/m1/s1. The quantitative estimate of drug-likeness (QED) is 0.899. The van der Waals surface area contributed by atoms with Gasteiger partial charge < -0.3 is 15.1 Å². The zero-order chi connectivity index (χ0) is 15.7. The third kappa shape index (κ3) is 2.91. The van der Waals surface area contributed by atoms with Crippen molar-refractivity contribution in [2.45, 2.75) is 13.0 Å². The topological polar surface area (TPSA) is 52.6 Å². The summed E-state index contributed by atoms with van der Waals surface area (Å²) in [7, 11) is 1.81. The van der Waals surface area contributed by atoms with E-state index in [-0.39, 0.29) is 36.1 Å². The lowest BCUT2D eigenvalue weighted by Gasteiger charge is -2.30. The normalized spacial score (nSPS) is 24.4. The molecule has 22 heavy (non-hydrogen) atoms. The molecule has 2 aliphatic heterocycles. The van der Waals surface area contributed by atoms with Crippen LogP contribution < -0.4 is 5.32 Å². The van der Waals surface area contributed by atoms with Gasteiger partial charge in [0.15, 0.2) is 0 Å². The number of amides is 3. The number of fused-ring (bicyclic) bond motifs is 1. The first-order valence-corrected chi connectivity index (χ1v) is 7.57. The van der Waals surface area contributed by atoms with Crippen LogP contribution in [-0.2, 0) is 11.3 Å². The molecular formula is C16H20FN3O2. The number of rotatable bonds is 2. The average molecular weight is 305 g/mol. The second-order valence-electron chi connectivity index (χ2n) is 6.11. The van der Waals surface area contributed by atoms with Crippen molar-refractivity contribution in [1.29, 1.82) is 0 Å². The number of urea groups is 1. The van der Waals surface area contributed by atoms with E-state index in [9.17, 15) is 14.0 Å². The maximum absolute atomic E-state index is 13.1. The third-order valence-electron chi connectivity index (χ3n) is 4.59. The molecule has 0 spiro atoms. The van der Waals surface area contributed by atoms with E-state index in [0.717, 1.165) is 18.5 Å². The highest BCUT2D eigenvalue weighted by Gasteiger charge is 2.43. The molecule has 0 aromatic heterocycles. The maximum Gasteiger partial charge on any atom is 0.317 e. The molecule has 2 heterocycles. The fraction of sp³-hybridized carbons (Fsp3) is 0.500. The van der Waals surface area contributed by atoms with Crippen LogP contribution in [0.1, 0.15) is 12.0 Å². The van der Waals surface area contributed by atoms with Gasteiger partial charge in [0, 0.05) is 33.2 Å². The largest absolute Gasteiger partial charge is 0.345 e. The molecule has 2 atom stereocenters. The summed E-state index contributed by atoms with van der Waals surface area (Å²) >= 11 is 0. The Kier molecular flexibility index (Phi) is 4.00. The maximum atomic E-state index is 13.1. The molecule has 118 valence electrons. The lowest BCUT2D eigenvalue weighted by molar-refractivity contribution is -0.137. The summed E-state index contributed by atoms with van der Waals surface area (Å²) in [5.74, 6) is 0.0199. The highest BCUT2D eigenvalue weighted by molar-refractivity contribution is 5.82. The SMILES string of the molecule is CN1CC[C@@H]2CN(C(=O)NCc3cccc(F)c3)C[C@@H]2C1=O. The van der Waals surface area contributed by atoms with E-state index in [1.165, 1.54) is 12.1 Å². The van der Waals surface area contributed by atoms with Crippen molar-refractivity contribution >= 4 is 11.9 Å². The minimum Gasteiger partial charge on any atom is -0.345 e. The van der Waals surface area contributed by atoms with E-state index in [1.54, 1.807) is 21.9 Å². The zero-order valence-electron chi connectivity index (χ0n) is 12.6. The first-order chi connectivity index (χ1) is 10.5. The van der Waals surface area contributed by atoms with Gasteiger partial charge in [0.05, 0.1) is 5.92 Å². The zero-order valence-corrected chi connectivity index (χ0v) is 12.6. The number of hydrogen-bond acceptors (Lipinski definition) is 2. The summed E-state index contributed by atoms with van der Waals surface area (Å²) in [4.78, 5) is 27.8. The predicted molar refractivity (Wildman–Crippen MR) is 79.4 cm³/mol. The number of hydrogen-bond donors (Lipinski definition) is 1. The smallest absolute Gasteiger partial charge is 0.317 e. The molecule has 2 aliphatic rings. The van der Waals surface area contributed by atoms with Crippen molar-refractivity contribution in [2.75, 3.05) is 26.7 Å². The van der Waals surface area contributed by atoms with Crippen LogP contribution in [0.3, 0.4) is 0 Å². The summed E-state index contributed by atoms with van der Waals surface area (Å²) in [6.45, 7) is 2.15. The first kappa shape index (κ1) is 14.8. The number of halogens is 1. The minimum atomic E-state index is -0.312. The first-order valence-electron chi connectivity index (χ1n) is 7.57. The van der Waals surface area contributed by atoms with Gasteiger partial charge in [-0.1, -0.05) is 12.1 Å². The van der Waals surface area contributed by atoms with Crippen molar-refractivity contribution < 1.29 is 14.0 Å². The van der Waals surface area contributed by atoms with E-state index in [0.29, 0.717) is 13.1 Å². The van der Waals surface area contributed by atoms with E-state index in [2.05, 4.69) is 5.32 Å². The lowest BCUT2D eigenvalue weighted by Crippen LogP contribution is -2.43. The predicted octanol–water partition coefficient (Wildman–Crippen LogP) is 1.45. The van der Waals surface area contributed by atoms with Gasteiger partial charge in [-0.15, -0.1) is 0 Å². The molecule has 0 unspecified atom stereocenters. The Hall–Kier alpha value is -2.11. The molecule has 6 heteroatoms. The van der Waals surface area contributed by atoms with Crippen LogP contribution in [0, 0.1) is 17.7 Å².